The number of carbonyl (C=O) groups excluding carboxylic acids is 2. The second kappa shape index (κ2) is 2.04. The van der Waals surface area contributed by atoms with Crippen LogP contribution in [0.4, 0.5) is 0 Å². The van der Waals surface area contributed by atoms with Crippen LogP contribution in [-0.4, -0.2) is 17.8 Å². The number of cyclic esters (lactones) is 1. The van der Waals surface area contributed by atoms with Gasteiger partial charge in [0.25, 0.3) is 0 Å². The Morgan fingerprint density at radius 1 is 1.62 bits per heavy atom. The van der Waals surface area contributed by atoms with Gasteiger partial charge in [-0.2, -0.15) is 0 Å². The first-order valence-electron chi connectivity index (χ1n) is 1.89. The zero-order chi connectivity index (χ0) is 5.98. The van der Waals surface area contributed by atoms with Crippen LogP contribution in [0.25, 0.3) is 0 Å². The molecule has 0 aromatic rings. The molecule has 1 amide bonds. The number of amides is 1. The van der Waals surface area contributed by atoms with Gasteiger partial charge in [-0.3, -0.25) is 9.52 Å². The molecule has 0 bridgehead atoms. The third-order valence-corrected chi connectivity index (χ3v) is 1.16. The summed E-state index contributed by atoms with van der Waals surface area (Å²) >= 11 is 1.06. The molecular weight excluding hydrogens is 130 g/mol. The minimum absolute atomic E-state index is 0.213. The summed E-state index contributed by atoms with van der Waals surface area (Å²) in [6.45, 7) is 0. The maximum Gasteiger partial charge on any atom is 0.398 e. The van der Waals surface area contributed by atoms with E-state index in [0.717, 1.165) is 11.9 Å². The predicted molar refractivity (Wildman–Crippen MR) is 26.7 cm³/mol. The number of hydrogen-bond donors (Lipinski definition) is 1. The molecule has 0 aromatic carbocycles. The van der Waals surface area contributed by atoms with Crippen LogP contribution >= 0.6 is 11.9 Å². The van der Waals surface area contributed by atoms with Crippen LogP contribution in [0.1, 0.15) is 0 Å². The zero-order valence-electron chi connectivity index (χ0n) is 3.84. The van der Waals surface area contributed by atoms with Crippen molar-refractivity contribution in [3.63, 3.8) is 0 Å². The van der Waals surface area contributed by atoms with Gasteiger partial charge < -0.3 is 4.74 Å². The highest BCUT2D eigenvalue weighted by molar-refractivity contribution is 7.98. The van der Waals surface area contributed by atoms with Crippen LogP contribution in [0.2, 0.25) is 0 Å². The lowest BCUT2D eigenvalue weighted by molar-refractivity contribution is -0.153. The molecule has 0 spiro atoms. The smallest absolute Gasteiger partial charge is 0.398 e. The maximum absolute atomic E-state index is 10.2. The van der Waals surface area contributed by atoms with Gasteiger partial charge in [0.1, 0.15) is 0 Å². The third-order valence-electron chi connectivity index (χ3n) is 0.599. The van der Waals surface area contributed by atoms with Crippen molar-refractivity contribution in [1.82, 2.24) is 4.72 Å². The monoisotopic (exact) mass is 133 g/mol. The number of hydrogen-bond acceptors (Lipinski definition) is 4. The van der Waals surface area contributed by atoms with E-state index in [1.807, 2.05) is 0 Å². The molecule has 5 heteroatoms. The molecule has 0 unspecified atom stereocenters. The van der Waals surface area contributed by atoms with Crippen molar-refractivity contribution in [2.45, 2.75) is 0 Å². The summed E-state index contributed by atoms with van der Waals surface area (Å²) < 4.78 is 6.54. The highest BCUT2D eigenvalue weighted by atomic mass is 32.2. The van der Waals surface area contributed by atoms with E-state index in [4.69, 9.17) is 0 Å². The predicted octanol–water partition coefficient (Wildman–Crippen LogP) is -0.735. The molecule has 1 fully saturated rings. The SMILES string of the molecule is O=C1NSCOC1=O. The highest BCUT2D eigenvalue weighted by Crippen LogP contribution is 2.00. The van der Waals surface area contributed by atoms with Gasteiger partial charge in [0.05, 0.1) is 0 Å². The van der Waals surface area contributed by atoms with E-state index < -0.39 is 11.9 Å². The first kappa shape index (κ1) is 5.43. The summed E-state index contributed by atoms with van der Waals surface area (Å²) in [5.41, 5.74) is 0. The lowest BCUT2D eigenvalue weighted by atomic mass is 10.7. The van der Waals surface area contributed by atoms with Gasteiger partial charge in [-0.25, -0.2) is 4.79 Å². The third kappa shape index (κ3) is 0.919. The van der Waals surface area contributed by atoms with Crippen molar-refractivity contribution < 1.29 is 14.3 Å². The Morgan fingerprint density at radius 3 is 2.75 bits per heavy atom. The summed E-state index contributed by atoms with van der Waals surface area (Å²) in [5.74, 6) is -1.27. The van der Waals surface area contributed by atoms with E-state index in [1.54, 1.807) is 0 Å². The van der Waals surface area contributed by atoms with Crippen LogP contribution in [0.3, 0.4) is 0 Å². The van der Waals surface area contributed by atoms with E-state index in [-0.39, 0.29) is 5.94 Å². The van der Waals surface area contributed by atoms with Crippen LogP contribution in [0.5, 0.6) is 0 Å². The van der Waals surface area contributed by atoms with Crippen LogP contribution in [0.15, 0.2) is 0 Å². The first-order valence-corrected chi connectivity index (χ1v) is 2.88. The molecule has 44 valence electrons. The average Bonchev–Trinajstić information content (AvgIpc) is 1.77. The van der Waals surface area contributed by atoms with E-state index in [9.17, 15) is 9.59 Å². The maximum atomic E-state index is 10.2. The first-order chi connectivity index (χ1) is 3.80. The van der Waals surface area contributed by atoms with E-state index >= 15 is 0 Å². The van der Waals surface area contributed by atoms with Gasteiger partial charge in [-0.1, -0.05) is 0 Å². The molecule has 0 atom stereocenters. The molecule has 4 nitrogen and oxygen atoms in total. The van der Waals surface area contributed by atoms with Crippen LogP contribution in [-0.2, 0) is 14.3 Å². The van der Waals surface area contributed by atoms with Crippen molar-refractivity contribution >= 4 is 23.8 Å². The molecule has 1 heterocycles. The topological polar surface area (TPSA) is 55.4 Å². The van der Waals surface area contributed by atoms with Crippen molar-refractivity contribution in [3.05, 3.63) is 0 Å². The Labute approximate surface area is 49.7 Å². The molecule has 1 aliphatic heterocycles. The normalized spacial score (nSPS) is 19.5. The van der Waals surface area contributed by atoms with Crippen LogP contribution < -0.4 is 4.72 Å². The number of ether oxygens (including phenoxy) is 1. The van der Waals surface area contributed by atoms with Gasteiger partial charge in [-0.15, -0.1) is 0 Å². The second-order valence-electron chi connectivity index (χ2n) is 1.13. The summed E-state index contributed by atoms with van der Waals surface area (Å²) in [6, 6.07) is 0. The molecule has 0 aromatic heterocycles. The molecule has 0 saturated carbocycles. The summed E-state index contributed by atoms with van der Waals surface area (Å²) in [7, 11) is 0. The van der Waals surface area contributed by atoms with Gasteiger partial charge >= 0.3 is 11.9 Å². The Bertz CT molecular complexity index is 118. The van der Waals surface area contributed by atoms with Crippen molar-refractivity contribution in [2.75, 3.05) is 5.94 Å². The van der Waals surface area contributed by atoms with E-state index in [2.05, 4.69) is 9.46 Å². The number of rotatable bonds is 0. The molecule has 1 N–H and O–H groups in total. The summed E-state index contributed by atoms with van der Waals surface area (Å²) in [6.07, 6.45) is 0. The van der Waals surface area contributed by atoms with Crippen molar-refractivity contribution in [3.8, 4) is 0 Å². The van der Waals surface area contributed by atoms with Gasteiger partial charge in [0.2, 0.25) is 0 Å². The average molecular weight is 133 g/mol. The molecular formula is C3H3NO3S. The second-order valence-corrected chi connectivity index (χ2v) is 1.85. The number of esters is 1. The standard InChI is InChI=1S/C3H3NO3S/c5-2-3(6)7-1-8-4-2/h1H2,(H,4,5). The molecule has 1 saturated heterocycles. The number of carbonyl (C=O) groups is 2. The van der Waals surface area contributed by atoms with Crippen LogP contribution in [0, 0.1) is 0 Å². The Balaban J connectivity index is 2.52. The van der Waals surface area contributed by atoms with Crippen molar-refractivity contribution in [2.24, 2.45) is 0 Å². The summed E-state index contributed by atoms with van der Waals surface area (Å²) in [4.78, 5) is 20.3. The van der Waals surface area contributed by atoms with Gasteiger partial charge in [-0.05, 0) is 11.9 Å². The van der Waals surface area contributed by atoms with Gasteiger partial charge in [0, 0.05) is 0 Å². The minimum atomic E-state index is -0.802. The minimum Gasteiger partial charge on any atom is -0.446 e. The Kier molecular flexibility index (Phi) is 1.38. The lowest BCUT2D eigenvalue weighted by Crippen LogP contribution is -2.32. The largest absolute Gasteiger partial charge is 0.446 e. The van der Waals surface area contributed by atoms with E-state index in [0.29, 0.717) is 0 Å². The van der Waals surface area contributed by atoms with Gasteiger partial charge in [0.15, 0.2) is 5.94 Å². The number of nitrogens with one attached hydrogen (secondary N) is 1. The molecule has 1 aliphatic rings. The fourth-order valence-corrected chi connectivity index (χ4v) is 0.725. The molecule has 8 heavy (non-hydrogen) atoms. The quantitative estimate of drug-likeness (QED) is 0.269. The fraction of sp³-hybridized carbons (Fsp3) is 0.333. The fourth-order valence-electron chi connectivity index (χ4n) is 0.285. The Morgan fingerprint density at radius 2 is 2.38 bits per heavy atom. The molecule has 0 radical (unpaired) electrons. The lowest BCUT2D eigenvalue weighted by Gasteiger charge is -2.08. The summed E-state index contributed by atoms with van der Waals surface area (Å²) in [5, 5.41) is 0. The molecule has 1 rings (SSSR count). The Hall–Kier alpha value is -0.710. The molecule has 0 aliphatic carbocycles. The highest BCUT2D eigenvalue weighted by Gasteiger charge is 2.19. The van der Waals surface area contributed by atoms with E-state index in [1.165, 1.54) is 0 Å². The van der Waals surface area contributed by atoms with Crippen molar-refractivity contribution in [1.29, 1.82) is 0 Å². The zero-order valence-corrected chi connectivity index (χ0v) is 4.66.